The fourth-order valence-electron chi connectivity index (χ4n) is 1.92. The van der Waals surface area contributed by atoms with E-state index < -0.39 is 0 Å². The molecule has 18 heavy (non-hydrogen) atoms. The number of aromatic amines is 1. The second kappa shape index (κ2) is 5.64. The molecule has 3 N–H and O–H groups in total. The summed E-state index contributed by atoms with van der Waals surface area (Å²) in [5.74, 6) is 5.34. The SMILES string of the molecule is CN(N)C(=O)CCCCc1ccc2nc[nH]c2c1. The second-order valence-corrected chi connectivity index (χ2v) is 4.47. The second-order valence-electron chi connectivity index (χ2n) is 4.47. The summed E-state index contributed by atoms with van der Waals surface area (Å²) in [5.41, 5.74) is 3.31. The number of amides is 1. The average molecular weight is 246 g/mol. The molecule has 0 aliphatic rings. The number of nitrogens with two attached hydrogens (primary N) is 1. The first-order chi connectivity index (χ1) is 8.66. The van der Waals surface area contributed by atoms with E-state index in [-0.39, 0.29) is 5.91 Å². The summed E-state index contributed by atoms with van der Waals surface area (Å²) in [7, 11) is 1.58. The maximum Gasteiger partial charge on any atom is 0.236 e. The summed E-state index contributed by atoms with van der Waals surface area (Å²) in [5, 5.41) is 1.15. The molecule has 1 amide bonds. The van der Waals surface area contributed by atoms with Crippen LogP contribution in [-0.2, 0) is 11.2 Å². The van der Waals surface area contributed by atoms with Crippen LogP contribution >= 0.6 is 0 Å². The molecule has 0 saturated heterocycles. The molecule has 0 atom stereocenters. The smallest absolute Gasteiger partial charge is 0.236 e. The van der Waals surface area contributed by atoms with Gasteiger partial charge < -0.3 is 4.98 Å². The summed E-state index contributed by atoms with van der Waals surface area (Å²) < 4.78 is 0. The number of H-pyrrole nitrogens is 1. The molecule has 1 aromatic heterocycles. The first kappa shape index (κ1) is 12.6. The molecule has 2 rings (SSSR count). The minimum Gasteiger partial charge on any atom is -0.345 e. The van der Waals surface area contributed by atoms with Gasteiger partial charge in [-0.3, -0.25) is 9.80 Å². The van der Waals surface area contributed by atoms with Crippen LogP contribution in [0.2, 0.25) is 0 Å². The molecule has 5 heteroatoms. The van der Waals surface area contributed by atoms with Gasteiger partial charge in [0.15, 0.2) is 0 Å². The fraction of sp³-hybridized carbons (Fsp3) is 0.385. The number of nitrogens with zero attached hydrogens (tertiary/aromatic N) is 2. The Morgan fingerprint density at radius 3 is 3.06 bits per heavy atom. The van der Waals surface area contributed by atoms with Crippen LogP contribution in [0, 0.1) is 0 Å². The Labute approximate surface area is 106 Å². The number of nitrogens with one attached hydrogen (secondary N) is 1. The molecule has 0 aliphatic carbocycles. The molecule has 96 valence electrons. The highest BCUT2D eigenvalue weighted by Gasteiger charge is 2.04. The van der Waals surface area contributed by atoms with E-state index in [1.807, 2.05) is 6.07 Å². The third kappa shape index (κ3) is 3.07. The Balaban J connectivity index is 1.81. The minimum atomic E-state index is -0.0148. The van der Waals surface area contributed by atoms with Crippen molar-refractivity contribution in [2.24, 2.45) is 5.84 Å². The van der Waals surface area contributed by atoms with Crippen molar-refractivity contribution in [2.75, 3.05) is 7.05 Å². The van der Waals surface area contributed by atoms with E-state index >= 15 is 0 Å². The van der Waals surface area contributed by atoms with Gasteiger partial charge in [0.05, 0.1) is 17.4 Å². The number of hydrogen-bond donors (Lipinski definition) is 2. The molecular weight excluding hydrogens is 228 g/mol. The third-order valence-corrected chi connectivity index (χ3v) is 2.98. The van der Waals surface area contributed by atoms with Gasteiger partial charge in [-0.05, 0) is 37.0 Å². The molecule has 1 heterocycles. The predicted molar refractivity (Wildman–Crippen MR) is 70.6 cm³/mol. The molecule has 2 aromatic rings. The van der Waals surface area contributed by atoms with Gasteiger partial charge >= 0.3 is 0 Å². The molecule has 0 spiro atoms. The maximum atomic E-state index is 11.3. The number of carbonyl (C=O) groups is 1. The van der Waals surface area contributed by atoms with Crippen LogP contribution in [-0.4, -0.2) is 27.9 Å². The standard InChI is InChI=1S/C13H18N4O/c1-17(14)13(18)5-3-2-4-10-6-7-11-12(8-10)16-9-15-11/h6-9H,2-5,14H2,1H3,(H,15,16). The quantitative estimate of drug-likeness (QED) is 0.364. The minimum absolute atomic E-state index is 0.0148. The average Bonchev–Trinajstić information content (AvgIpc) is 2.81. The van der Waals surface area contributed by atoms with Crippen molar-refractivity contribution in [1.29, 1.82) is 0 Å². The third-order valence-electron chi connectivity index (χ3n) is 2.98. The molecule has 0 saturated carbocycles. The number of hydrogen-bond acceptors (Lipinski definition) is 3. The summed E-state index contributed by atoms with van der Waals surface area (Å²) in [6, 6.07) is 6.21. The molecule has 0 aliphatic heterocycles. The number of fused-ring (bicyclic) bond motifs is 1. The molecular formula is C13H18N4O. The molecule has 0 bridgehead atoms. The van der Waals surface area contributed by atoms with Crippen molar-refractivity contribution in [3.05, 3.63) is 30.1 Å². The number of imidazole rings is 1. The summed E-state index contributed by atoms with van der Waals surface area (Å²) >= 11 is 0. The van der Waals surface area contributed by atoms with Crippen molar-refractivity contribution < 1.29 is 4.79 Å². The Bertz CT molecular complexity index is 533. The largest absolute Gasteiger partial charge is 0.345 e. The molecule has 0 radical (unpaired) electrons. The zero-order chi connectivity index (χ0) is 13.0. The lowest BCUT2D eigenvalue weighted by Gasteiger charge is -2.09. The number of unbranched alkanes of at least 4 members (excludes halogenated alkanes) is 1. The van der Waals surface area contributed by atoms with Gasteiger partial charge in [-0.15, -0.1) is 0 Å². The number of hydrazine groups is 1. The summed E-state index contributed by atoms with van der Waals surface area (Å²) in [4.78, 5) is 18.6. The van der Waals surface area contributed by atoms with E-state index in [4.69, 9.17) is 5.84 Å². The highest BCUT2D eigenvalue weighted by Crippen LogP contribution is 2.14. The highest BCUT2D eigenvalue weighted by molar-refractivity contribution is 5.75. The lowest BCUT2D eigenvalue weighted by Crippen LogP contribution is -2.32. The van der Waals surface area contributed by atoms with Crippen LogP contribution in [0.15, 0.2) is 24.5 Å². The van der Waals surface area contributed by atoms with Crippen LogP contribution in [0.4, 0.5) is 0 Å². The highest BCUT2D eigenvalue weighted by atomic mass is 16.2. The van der Waals surface area contributed by atoms with Gasteiger partial charge in [0.25, 0.3) is 0 Å². The summed E-state index contributed by atoms with van der Waals surface area (Å²) in [6.07, 6.45) is 5.03. The lowest BCUT2D eigenvalue weighted by molar-refractivity contribution is -0.130. The van der Waals surface area contributed by atoms with E-state index in [2.05, 4.69) is 22.1 Å². The van der Waals surface area contributed by atoms with Crippen LogP contribution in [0.1, 0.15) is 24.8 Å². The monoisotopic (exact) mass is 246 g/mol. The Morgan fingerprint density at radius 2 is 2.28 bits per heavy atom. The number of rotatable bonds is 5. The zero-order valence-corrected chi connectivity index (χ0v) is 10.5. The first-order valence-corrected chi connectivity index (χ1v) is 6.10. The fourth-order valence-corrected chi connectivity index (χ4v) is 1.92. The van der Waals surface area contributed by atoms with Crippen LogP contribution in [0.3, 0.4) is 0 Å². The van der Waals surface area contributed by atoms with E-state index in [9.17, 15) is 4.79 Å². The van der Waals surface area contributed by atoms with Crippen molar-refractivity contribution in [2.45, 2.75) is 25.7 Å². The Kier molecular flexibility index (Phi) is 3.94. The Morgan fingerprint density at radius 1 is 1.44 bits per heavy atom. The zero-order valence-electron chi connectivity index (χ0n) is 10.5. The van der Waals surface area contributed by atoms with Crippen LogP contribution < -0.4 is 5.84 Å². The molecule has 1 aromatic carbocycles. The van der Waals surface area contributed by atoms with Crippen LogP contribution in [0.5, 0.6) is 0 Å². The van der Waals surface area contributed by atoms with Gasteiger partial charge in [-0.1, -0.05) is 6.07 Å². The lowest BCUT2D eigenvalue weighted by atomic mass is 10.1. The first-order valence-electron chi connectivity index (χ1n) is 6.10. The maximum absolute atomic E-state index is 11.3. The molecule has 0 fully saturated rings. The van der Waals surface area contributed by atoms with E-state index in [1.54, 1.807) is 13.4 Å². The van der Waals surface area contributed by atoms with Crippen molar-refractivity contribution in [1.82, 2.24) is 15.0 Å². The van der Waals surface area contributed by atoms with Crippen LogP contribution in [0.25, 0.3) is 11.0 Å². The molecule has 0 unspecified atom stereocenters. The number of aryl methyl sites for hydroxylation is 1. The van der Waals surface area contributed by atoms with Crippen molar-refractivity contribution >= 4 is 16.9 Å². The van der Waals surface area contributed by atoms with E-state index in [0.717, 1.165) is 35.3 Å². The van der Waals surface area contributed by atoms with Crippen molar-refractivity contribution in [3.8, 4) is 0 Å². The number of benzene rings is 1. The topological polar surface area (TPSA) is 75.0 Å². The summed E-state index contributed by atoms with van der Waals surface area (Å²) in [6.45, 7) is 0. The van der Waals surface area contributed by atoms with Gasteiger partial charge in [0, 0.05) is 13.5 Å². The normalized spacial score (nSPS) is 10.8. The van der Waals surface area contributed by atoms with Gasteiger partial charge in [-0.2, -0.15) is 0 Å². The van der Waals surface area contributed by atoms with E-state index in [1.165, 1.54) is 5.56 Å². The van der Waals surface area contributed by atoms with Gasteiger partial charge in [-0.25, -0.2) is 10.8 Å². The van der Waals surface area contributed by atoms with E-state index in [0.29, 0.717) is 6.42 Å². The molecule has 5 nitrogen and oxygen atoms in total. The predicted octanol–water partition coefficient (Wildman–Crippen LogP) is 1.61. The van der Waals surface area contributed by atoms with Crippen molar-refractivity contribution in [3.63, 3.8) is 0 Å². The number of carbonyl (C=O) groups excluding carboxylic acids is 1. The van der Waals surface area contributed by atoms with Gasteiger partial charge in [0.1, 0.15) is 0 Å². The number of aromatic nitrogens is 2. The van der Waals surface area contributed by atoms with Gasteiger partial charge in [0.2, 0.25) is 5.91 Å². The Hall–Kier alpha value is -1.88.